The molecule has 1 heterocycles. The van der Waals surface area contributed by atoms with E-state index in [0.717, 1.165) is 26.1 Å². The lowest BCUT2D eigenvalue weighted by Crippen LogP contribution is -2.53. The predicted molar refractivity (Wildman–Crippen MR) is 61.2 cm³/mol. The minimum absolute atomic E-state index is 0.0399. The molecule has 4 nitrogen and oxygen atoms in total. The summed E-state index contributed by atoms with van der Waals surface area (Å²) in [5.41, 5.74) is -0.384. The Balaban J connectivity index is 1.97. The molecule has 0 spiro atoms. The van der Waals surface area contributed by atoms with E-state index in [1.54, 1.807) is 0 Å². The number of nitrogens with zero attached hydrogens (tertiary/aromatic N) is 1. The van der Waals surface area contributed by atoms with Crippen molar-refractivity contribution in [3.8, 4) is 0 Å². The van der Waals surface area contributed by atoms with Crippen molar-refractivity contribution in [2.24, 2.45) is 5.41 Å². The molecule has 16 heavy (non-hydrogen) atoms. The van der Waals surface area contributed by atoms with Crippen LogP contribution < -0.4 is 0 Å². The van der Waals surface area contributed by atoms with Crippen molar-refractivity contribution in [1.82, 2.24) is 4.90 Å². The van der Waals surface area contributed by atoms with Crippen LogP contribution in [0.3, 0.4) is 0 Å². The lowest BCUT2D eigenvalue weighted by Gasteiger charge is -2.41. The first kappa shape index (κ1) is 12.3. The maximum atomic E-state index is 9.34. The zero-order valence-corrected chi connectivity index (χ0v) is 10.1. The molecule has 1 aliphatic heterocycles. The van der Waals surface area contributed by atoms with Crippen molar-refractivity contribution in [1.29, 1.82) is 0 Å². The number of aliphatic hydroxyl groups excluding tert-OH is 2. The van der Waals surface area contributed by atoms with Crippen LogP contribution in [0.1, 0.15) is 26.2 Å². The number of aliphatic hydroxyl groups is 2. The van der Waals surface area contributed by atoms with E-state index in [-0.39, 0.29) is 18.6 Å². The third-order valence-corrected chi connectivity index (χ3v) is 3.95. The van der Waals surface area contributed by atoms with Gasteiger partial charge in [-0.1, -0.05) is 6.92 Å². The third-order valence-electron chi connectivity index (χ3n) is 3.95. The Morgan fingerprint density at radius 3 is 2.75 bits per heavy atom. The third kappa shape index (κ3) is 2.40. The van der Waals surface area contributed by atoms with Crippen LogP contribution in [0.4, 0.5) is 0 Å². The quantitative estimate of drug-likeness (QED) is 0.724. The molecule has 0 aromatic heterocycles. The molecular weight excluding hydrogens is 206 g/mol. The summed E-state index contributed by atoms with van der Waals surface area (Å²) in [4.78, 5) is 2.40. The van der Waals surface area contributed by atoms with Crippen LogP contribution >= 0.6 is 0 Å². The fourth-order valence-corrected chi connectivity index (χ4v) is 2.84. The Hall–Kier alpha value is -0.160. The first-order chi connectivity index (χ1) is 7.68. The highest BCUT2D eigenvalue weighted by molar-refractivity contribution is 4.91. The van der Waals surface area contributed by atoms with Crippen LogP contribution in [0.5, 0.6) is 0 Å². The monoisotopic (exact) mass is 229 g/mol. The van der Waals surface area contributed by atoms with Gasteiger partial charge in [-0.25, -0.2) is 0 Å². The summed E-state index contributed by atoms with van der Waals surface area (Å²) in [6, 6.07) is 0.506. The second kappa shape index (κ2) is 5.00. The Morgan fingerprint density at radius 1 is 1.31 bits per heavy atom. The molecule has 2 aliphatic rings. The normalized spacial score (nSPS) is 31.7. The average molecular weight is 229 g/mol. The van der Waals surface area contributed by atoms with Gasteiger partial charge in [-0.2, -0.15) is 0 Å². The van der Waals surface area contributed by atoms with Gasteiger partial charge in [0.1, 0.15) is 0 Å². The lowest BCUT2D eigenvalue weighted by molar-refractivity contribution is -0.0780. The molecule has 0 aromatic rings. The molecule has 0 radical (unpaired) electrons. The summed E-state index contributed by atoms with van der Waals surface area (Å²) in [6.45, 7) is 4.50. The highest BCUT2D eigenvalue weighted by Gasteiger charge is 2.38. The highest BCUT2D eigenvalue weighted by atomic mass is 16.5. The van der Waals surface area contributed by atoms with E-state index < -0.39 is 0 Å². The van der Waals surface area contributed by atoms with Gasteiger partial charge in [-0.15, -0.1) is 0 Å². The fraction of sp³-hybridized carbons (Fsp3) is 1.00. The topological polar surface area (TPSA) is 52.9 Å². The van der Waals surface area contributed by atoms with Gasteiger partial charge in [0.05, 0.1) is 25.9 Å². The molecule has 1 saturated heterocycles. The van der Waals surface area contributed by atoms with Crippen molar-refractivity contribution in [2.75, 3.05) is 32.9 Å². The van der Waals surface area contributed by atoms with E-state index in [1.807, 2.05) is 6.92 Å². The second-order valence-electron chi connectivity index (χ2n) is 5.50. The molecule has 2 unspecified atom stereocenters. The summed E-state index contributed by atoms with van der Waals surface area (Å²) in [6.07, 6.45) is 3.98. The van der Waals surface area contributed by atoms with Gasteiger partial charge < -0.3 is 14.9 Å². The first-order valence-corrected chi connectivity index (χ1v) is 6.26. The molecule has 1 aliphatic carbocycles. The van der Waals surface area contributed by atoms with E-state index in [4.69, 9.17) is 4.74 Å². The summed E-state index contributed by atoms with van der Waals surface area (Å²) in [5.74, 6) is 0. The molecule has 4 heteroatoms. The summed E-state index contributed by atoms with van der Waals surface area (Å²) < 4.78 is 5.75. The molecule has 2 fully saturated rings. The zero-order valence-electron chi connectivity index (χ0n) is 10.1. The Kier molecular flexibility index (Phi) is 3.85. The van der Waals surface area contributed by atoms with Gasteiger partial charge in [-0.05, 0) is 19.3 Å². The molecule has 1 saturated carbocycles. The number of hydrogen-bond donors (Lipinski definition) is 2. The average Bonchev–Trinajstić information content (AvgIpc) is 2.78. The van der Waals surface area contributed by atoms with Gasteiger partial charge in [0.2, 0.25) is 0 Å². The number of morpholine rings is 1. The largest absolute Gasteiger partial charge is 0.396 e. The Labute approximate surface area is 97.2 Å². The minimum Gasteiger partial charge on any atom is -0.396 e. The maximum Gasteiger partial charge on any atom is 0.0730 e. The van der Waals surface area contributed by atoms with E-state index in [0.29, 0.717) is 12.1 Å². The van der Waals surface area contributed by atoms with Crippen molar-refractivity contribution in [3.63, 3.8) is 0 Å². The van der Waals surface area contributed by atoms with Gasteiger partial charge in [0.15, 0.2) is 0 Å². The minimum atomic E-state index is -0.384. The highest BCUT2D eigenvalue weighted by Crippen LogP contribution is 2.31. The van der Waals surface area contributed by atoms with E-state index >= 15 is 0 Å². The van der Waals surface area contributed by atoms with E-state index in [1.165, 1.54) is 12.8 Å². The van der Waals surface area contributed by atoms with Gasteiger partial charge in [0, 0.05) is 24.5 Å². The van der Waals surface area contributed by atoms with Crippen LogP contribution in [0.2, 0.25) is 0 Å². The number of hydrogen-bond acceptors (Lipinski definition) is 4. The van der Waals surface area contributed by atoms with Crippen LogP contribution in [0.25, 0.3) is 0 Å². The van der Waals surface area contributed by atoms with E-state index in [9.17, 15) is 10.2 Å². The van der Waals surface area contributed by atoms with Crippen molar-refractivity contribution in [3.05, 3.63) is 0 Å². The second-order valence-corrected chi connectivity index (χ2v) is 5.50. The standard InChI is InChI=1S/C12H23NO3/c1-12(8-14,9-15)7-13-5-6-16-11-4-2-3-10(11)13/h10-11,14-15H,2-9H2,1H3. The fourth-order valence-electron chi connectivity index (χ4n) is 2.84. The van der Waals surface area contributed by atoms with Crippen LogP contribution in [0.15, 0.2) is 0 Å². The zero-order chi connectivity index (χ0) is 11.6. The Morgan fingerprint density at radius 2 is 2.06 bits per heavy atom. The summed E-state index contributed by atoms with van der Waals surface area (Å²) in [5, 5.41) is 18.7. The molecule has 0 aromatic carbocycles. The number of fused-ring (bicyclic) bond motifs is 1. The number of rotatable bonds is 4. The van der Waals surface area contributed by atoms with Gasteiger partial charge in [0.25, 0.3) is 0 Å². The predicted octanol–water partition coefficient (Wildman–Crippen LogP) is 0.231. The van der Waals surface area contributed by atoms with Crippen molar-refractivity contribution < 1.29 is 14.9 Å². The Bertz CT molecular complexity index is 230. The molecular formula is C12H23NO3. The first-order valence-electron chi connectivity index (χ1n) is 6.26. The van der Waals surface area contributed by atoms with Crippen LogP contribution in [-0.4, -0.2) is 60.2 Å². The molecule has 2 N–H and O–H groups in total. The maximum absolute atomic E-state index is 9.34. The molecule has 0 amide bonds. The summed E-state index contributed by atoms with van der Waals surface area (Å²) in [7, 11) is 0. The molecule has 94 valence electrons. The van der Waals surface area contributed by atoms with Gasteiger partial charge in [-0.3, -0.25) is 4.90 Å². The van der Waals surface area contributed by atoms with E-state index in [2.05, 4.69) is 4.90 Å². The smallest absolute Gasteiger partial charge is 0.0730 e. The number of ether oxygens (including phenoxy) is 1. The van der Waals surface area contributed by atoms with Crippen molar-refractivity contribution >= 4 is 0 Å². The molecule has 0 bridgehead atoms. The van der Waals surface area contributed by atoms with Gasteiger partial charge >= 0.3 is 0 Å². The van der Waals surface area contributed by atoms with Crippen LogP contribution in [0, 0.1) is 5.41 Å². The molecule has 2 atom stereocenters. The SMILES string of the molecule is CC(CO)(CO)CN1CCOC2CCCC21. The van der Waals surface area contributed by atoms with Crippen LogP contribution in [-0.2, 0) is 4.74 Å². The molecule has 2 rings (SSSR count). The van der Waals surface area contributed by atoms with Crippen molar-refractivity contribution in [2.45, 2.75) is 38.3 Å². The lowest BCUT2D eigenvalue weighted by atomic mass is 9.91. The summed E-state index contributed by atoms with van der Waals surface area (Å²) >= 11 is 0.